The van der Waals surface area contributed by atoms with Crippen LogP contribution in [0.25, 0.3) is 0 Å². The fraction of sp³-hybridized carbons (Fsp3) is 0.143. The highest BCUT2D eigenvalue weighted by Crippen LogP contribution is 2.26. The molecule has 0 fully saturated rings. The second kappa shape index (κ2) is 5.60. The quantitative estimate of drug-likeness (QED) is 0.837. The molecule has 0 aliphatic carbocycles. The van der Waals surface area contributed by atoms with Crippen molar-refractivity contribution in [2.45, 2.75) is 13.8 Å². The molecular weight excluding hydrogens is 244 g/mol. The minimum Gasteiger partial charge on any atom is -0.324 e. The van der Waals surface area contributed by atoms with Gasteiger partial charge in [-0.05, 0) is 36.1 Å². The molecule has 0 radical (unpaired) electrons. The molecule has 1 amide bonds. The number of thiophene rings is 1. The van der Waals surface area contributed by atoms with E-state index < -0.39 is 0 Å². The van der Waals surface area contributed by atoms with E-state index in [4.69, 9.17) is 0 Å². The Morgan fingerprint density at radius 2 is 2.22 bits per heavy atom. The maximum atomic E-state index is 11.1. The number of aryl methyl sites for hydroxylation is 1. The van der Waals surface area contributed by atoms with Gasteiger partial charge in [0.2, 0.25) is 5.91 Å². The van der Waals surface area contributed by atoms with Crippen molar-refractivity contribution in [1.29, 1.82) is 0 Å². The van der Waals surface area contributed by atoms with Crippen LogP contribution in [0.4, 0.5) is 11.4 Å². The van der Waals surface area contributed by atoms with Gasteiger partial charge in [-0.2, -0.15) is 0 Å². The predicted molar refractivity (Wildman–Crippen MR) is 77.1 cm³/mol. The molecule has 18 heavy (non-hydrogen) atoms. The number of carbonyl (C=O) groups excluding carboxylic acids is 1. The molecule has 0 aliphatic rings. The number of nitrogens with one attached hydrogen (secondary N) is 1. The van der Waals surface area contributed by atoms with Gasteiger partial charge in [-0.25, -0.2) is 0 Å². The van der Waals surface area contributed by atoms with Crippen molar-refractivity contribution in [3.8, 4) is 0 Å². The van der Waals surface area contributed by atoms with Gasteiger partial charge in [0.15, 0.2) is 0 Å². The van der Waals surface area contributed by atoms with E-state index in [1.165, 1.54) is 6.92 Å². The molecule has 1 N–H and O–H groups in total. The van der Waals surface area contributed by atoms with Crippen molar-refractivity contribution >= 4 is 34.8 Å². The first-order valence-electron chi connectivity index (χ1n) is 5.61. The zero-order chi connectivity index (χ0) is 13.0. The molecule has 2 aromatic rings. The molecule has 0 atom stereocenters. The molecule has 2 rings (SSSR count). The number of aliphatic imine (C=N–C) groups is 1. The number of nitrogens with zero attached hydrogens (tertiary/aromatic N) is 1. The number of rotatable bonds is 3. The minimum atomic E-state index is -0.0913. The molecule has 92 valence electrons. The first-order valence-corrected chi connectivity index (χ1v) is 6.49. The Bertz CT molecular complexity index is 573. The third kappa shape index (κ3) is 3.28. The Morgan fingerprint density at radius 1 is 1.39 bits per heavy atom. The molecule has 0 saturated heterocycles. The topological polar surface area (TPSA) is 41.5 Å². The van der Waals surface area contributed by atoms with Gasteiger partial charge in [-0.1, -0.05) is 12.1 Å². The molecule has 0 spiro atoms. The van der Waals surface area contributed by atoms with E-state index in [1.807, 2.05) is 48.9 Å². The lowest BCUT2D eigenvalue weighted by Gasteiger charge is -2.06. The summed E-state index contributed by atoms with van der Waals surface area (Å²) < 4.78 is 0. The highest BCUT2D eigenvalue weighted by molar-refractivity contribution is 7.11. The van der Waals surface area contributed by atoms with Crippen molar-refractivity contribution in [3.05, 3.63) is 46.2 Å². The number of benzene rings is 1. The molecule has 0 saturated carbocycles. The van der Waals surface area contributed by atoms with Crippen molar-refractivity contribution in [2.75, 3.05) is 5.32 Å². The second-order valence-electron chi connectivity index (χ2n) is 3.98. The van der Waals surface area contributed by atoms with Gasteiger partial charge in [0.05, 0.1) is 11.4 Å². The van der Waals surface area contributed by atoms with Crippen LogP contribution in [0.5, 0.6) is 0 Å². The van der Waals surface area contributed by atoms with Crippen LogP contribution < -0.4 is 5.32 Å². The molecule has 3 nitrogen and oxygen atoms in total. The maximum Gasteiger partial charge on any atom is 0.221 e. The predicted octanol–water partition coefficient (Wildman–Crippen LogP) is 3.77. The molecule has 0 unspecified atom stereocenters. The fourth-order valence-electron chi connectivity index (χ4n) is 1.54. The molecular formula is C14H14N2OS. The fourth-order valence-corrected chi connectivity index (χ4v) is 2.13. The third-order valence-electron chi connectivity index (χ3n) is 2.34. The van der Waals surface area contributed by atoms with Crippen LogP contribution in [0, 0.1) is 6.92 Å². The lowest BCUT2D eigenvalue weighted by atomic mass is 10.2. The number of anilines is 1. The summed E-state index contributed by atoms with van der Waals surface area (Å²) in [4.78, 5) is 16.6. The van der Waals surface area contributed by atoms with Crippen molar-refractivity contribution in [3.63, 3.8) is 0 Å². The molecule has 1 heterocycles. The van der Waals surface area contributed by atoms with E-state index in [0.29, 0.717) is 0 Å². The molecule has 4 heteroatoms. The Kier molecular flexibility index (Phi) is 3.89. The lowest BCUT2D eigenvalue weighted by Crippen LogP contribution is -2.05. The van der Waals surface area contributed by atoms with Crippen molar-refractivity contribution < 1.29 is 4.79 Å². The van der Waals surface area contributed by atoms with Crippen LogP contribution in [0.2, 0.25) is 0 Å². The number of hydrogen-bond acceptors (Lipinski definition) is 3. The molecule has 0 bridgehead atoms. The SMILES string of the molecule is CC(=O)Nc1ccc(C)cc1N=Cc1cccs1. The Balaban J connectivity index is 2.30. The summed E-state index contributed by atoms with van der Waals surface area (Å²) >= 11 is 1.63. The zero-order valence-electron chi connectivity index (χ0n) is 10.3. The normalized spacial score (nSPS) is 10.8. The highest BCUT2D eigenvalue weighted by Gasteiger charge is 2.02. The summed E-state index contributed by atoms with van der Waals surface area (Å²) in [7, 11) is 0. The minimum absolute atomic E-state index is 0.0913. The number of hydrogen-bond donors (Lipinski definition) is 1. The van der Waals surface area contributed by atoms with E-state index >= 15 is 0 Å². The van der Waals surface area contributed by atoms with Gasteiger partial charge in [0, 0.05) is 18.0 Å². The van der Waals surface area contributed by atoms with Crippen LogP contribution in [-0.2, 0) is 4.79 Å². The summed E-state index contributed by atoms with van der Waals surface area (Å²) in [5, 5.41) is 4.79. The molecule has 0 aliphatic heterocycles. The smallest absolute Gasteiger partial charge is 0.221 e. The van der Waals surface area contributed by atoms with E-state index in [1.54, 1.807) is 11.3 Å². The van der Waals surface area contributed by atoms with Gasteiger partial charge < -0.3 is 5.32 Å². The third-order valence-corrected chi connectivity index (χ3v) is 3.14. The van der Waals surface area contributed by atoms with Gasteiger partial charge in [0.1, 0.15) is 0 Å². The van der Waals surface area contributed by atoms with E-state index in [2.05, 4.69) is 10.3 Å². The average Bonchev–Trinajstić information content (AvgIpc) is 2.82. The standard InChI is InChI=1S/C14H14N2OS/c1-10-5-6-13(16-11(2)17)14(8-10)15-9-12-4-3-7-18-12/h3-9H,1-2H3,(H,16,17). The highest BCUT2D eigenvalue weighted by atomic mass is 32.1. The Labute approximate surface area is 110 Å². The second-order valence-corrected chi connectivity index (χ2v) is 4.95. The average molecular weight is 258 g/mol. The first-order chi connectivity index (χ1) is 8.65. The largest absolute Gasteiger partial charge is 0.324 e. The van der Waals surface area contributed by atoms with Crippen molar-refractivity contribution in [2.24, 2.45) is 4.99 Å². The summed E-state index contributed by atoms with van der Waals surface area (Å²) in [6.45, 7) is 3.49. The first kappa shape index (κ1) is 12.5. The van der Waals surface area contributed by atoms with Crippen LogP contribution in [0.3, 0.4) is 0 Å². The molecule has 1 aromatic carbocycles. The number of carbonyl (C=O) groups is 1. The number of amides is 1. The van der Waals surface area contributed by atoms with Gasteiger partial charge in [-0.3, -0.25) is 9.79 Å². The summed E-state index contributed by atoms with van der Waals surface area (Å²) in [6.07, 6.45) is 1.81. The zero-order valence-corrected chi connectivity index (χ0v) is 11.1. The monoisotopic (exact) mass is 258 g/mol. The summed E-state index contributed by atoms with van der Waals surface area (Å²) in [5.41, 5.74) is 2.63. The van der Waals surface area contributed by atoms with Crippen molar-refractivity contribution in [1.82, 2.24) is 0 Å². The van der Waals surface area contributed by atoms with Crippen LogP contribution in [0.15, 0.2) is 40.7 Å². The van der Waals surface area contributed by atoms with E-state index in [9.17, 15) is 4.79 Å². The van der Waals surface area contributed by atoms with Crippen LogP contribution in [-0.4, -0.2) is 12.1 Å². The summed E-state index contributed by atoms with van der Waals surface area (Å²) in [6, 6.07) is 9.77. The van der Waals surface area contributed by atoms with Gasteiger partial charge in [-0.15, -0.1) is 11.3 Å². The Morgan fingerprint density at radius 3 is 2.89 bits per heavy atom. The van der Waals surface area contributed by atoms with Gasteiger partial charge in [0.25, 0.3) is 0 Å². The Hall–Kier alpha value is -1.94. The van der Waals surface area contributed by atoms with Crippen LogP contribution >= 0.6 is 11.3 Å². The summed E-state index contributed by atoms with van der Waals surface area (Å²) in [5.74, 6) is -0.0913. The lowest BCUT2D eigenvalue weighted by molar-refractivity contribution is -0.114. The van der Waals surface area contributed by atoms with E-state index in [-0.39, 0.29) is 5.91 Å². The maximum absolute atomic E-state index is 11.1. The van der Waals surface area contributed by atoms with Crippen LogP contribution in [0.1, 0.15) is 17.4 Å². The molecule has 1 aromatic heterocycles. The van der Waals surface area contributed by atoms with Gasteiger partial charge >= 0.3 is 0 Å². The van der Waals surface area contributed by atoms with E-state index in [0.717, 1.165) is 21.8 Å².